The molecular formula is C11H23N3O3. The summed E-state index contributed by atoms with van der Waals surface area (Å²) in [6, 6.07) is -0.591. The molecule has 17 heavy (non-hydrogen) atoms. The number of alkyl carbamates (subject to hydrolysis) is 1. The Morgan fingerprint density at radius 2 is 1.82 bits per heavy atom. The predicted octanol–water partition coefficient (Wildman–Crippen LogP) is 0.883. The molecule has 0 aromatic carbocycles. The SMILES string of the molecule is CCC(NC(=O)OC(C)(C)C)C(=O)NN(C)C. The van der Waals surface area contributed by atoms with E-state index in [0.29, 0.717) is 6.42 Å². The van der Waals surface area contributed by atoms with Gasteiger partial charge < -0.3 is 10.1 Å². The van der Waals surface area contributed by atoms with E-state index in [1.165, 1.54) is 5.01 Å². The summed E-state index contributed by atoms with van der Waals surface area (Å²) in [5.74, 6) is -0.261. The molecule has 0 aliphatic carbocycles. The number of ether oxygens (including phenoxy) is 1. The van der Waals surface area contributed by atoms with Crippen molar-refractivity contribution >= 4 is 12.0 Å². The van der Waals surface area contributed by atoms with Crippen molar-refractivity contribution in [3.8, 4) is 0 Å². The monoisotopic (exact) mass is 245 g/mol. The second kappa shape index (κ2) is 6.44. The van der Waals surface area contributed by atoms with Crippen LogP contribution in [0.2, 0.25) is 0 Å². The highest BCUT2D eigenvalue weighted by molar-refractivity contribution is 5.85. The quantitative estimate of drug-likeness (QED) is 0.721. The van der Waals surface area contributed by atoms with Gasteiger partial charge in [-0.3, -0.25) is 10.2 Å². The second-order valence-electron chi connectivity index (χ2n) is 4.98. The Morgan fingerprint density at radius 3 is 2.18 bits per heavy atom. The molecule has 0 saturated heterocycles. The summed E-state index contributed by atoms with van der Waals surface area (Å²) in [5.41, 5.74) is 2.02. The third kappa shape index (κ3) is 7.57. The van der Waals surface area contributed by atoms with Crippen LogP contribution in [0.25, 0.3) is 0 Å². The van der Waals surface area contributed by atoms with E-state index in [4.69, 9.17) is 4.74 Å². The van der Waals surface area contributed by atoms with Crippen LogP contribution in [-0.4, -0.2) is 42.7 Å². The van der Waals surface area contributed by atoms with Crippen LogP contribution >= 0.6 is 0 Å². The van der Waals surface area contributed by atoms with E-state index in [1.54, 1.807) is 34.9 Å². The number of carbonyl (C=O) groups is 2. The van der Waals surface area contributed by atoms with E-state index in [-0.39, 0.29) is 5.91 Å². The summed E-state index contributed by atoms with van der Waals surface area (Å²) in [6.45, 7) is 7.13. The molecule has 6 nitrogen and oxygen atoms in total. The molecule has 1 atom stereocenters. The zero-order valence-electron chi connectivity index (χ0n) is 11.5. The van der Waals surface area contributed by atoms with Crippen molar-refractivity contribution in [2.24, 2.45) is 0 Å². The minimum Gasteiger partial charge on any atom is -0.444 e. The molecule has 6 heteroatoms. The molecule has 100 valence electrons. The van der Waals surface area contributed by atoms with Crippen LogP contribution in [0.15, 0.2) is 0 Å². The first-order valence-corrected chi connectivity index (χ1v) is 5.63. The van der Waals surface area contributed by atoms with E-state index in [0.717, 1.165) is 0 Å². The number of hydrazine groups is 1. The van der Waals surface area contributed by atoms with Gasteiger partial charge in [0.2, 0.25) is 0 Å². The van der Waals surface area contributed by atoms with Gasteiger partial charge in [0, 0.05) is 14.1 Å². The first-order valence-electron chi connectivity index (χ1n) is 5.63. The van der Waals surface area contributed by atoms with Gasteiger partial charge in [0.15, 0.2) is 0 Å². The summed E-state index contributed by atoms with van der Waals surface area (Å²) in [4.78, 5) is 23.2. The summed E-state index contributed by atoms with van der Waals surface area (Å²) < 4.78 is 5.08. The zero-order valence-corrected chi connectivity index (χ0v) is 11.5. The van der Waals surface area contributed by atoms with Gasteiger partial charge >= 0.3 is 6.09 Å². The number of nitrogens with zero attached hydrogens (tertiary/aromatic N) is 1. The normalized spacial score (nSPS) is 13.1. The van der Waals surface area contributed by atoms with Gasteiger partial charge in [0.25, 0.3) is 5.91 Å². The maximum atomic E-state index is 11.7. The molecule has 0 bridgehead atoms. The Balaban J connectivity index is 4.31. The number of hydrogen-bond donors (Lipinski definition) is 2. The Morgan fingerprint density at radius 1 is 1.29 bits per heavy atom. The summed E-state index contributed by atoms with van der Waals surface area (Å²) in [6.07, 6.45) is -0.0860. The summed E-state index contributed by atoms with van der Waals surface area (Å²) >= 11 is 0. The fourth-order valence-corrected chi connectivity index (χ4v) is 1.10. The second-order valence-corrected chi connectivity index (χ2v) is 4.98. The van der Waals surface area contributed by atoms with Crippen LogP contribution < -0.4 is 10.7 Å². The van der Waals surface area contributed by atoms with Crippen molar-refractivity contribution in [3.63, 3.8) is 0 Å². The van der Waals surface area contributed by atoms with E-state index in [9.17, 15) is 9.59 Å². The lowest BCUT2D eigenvalue weighted by Gasteiger charge is -2.23. The molecule has 0 rings (SSSR count). The average molecular weight is 245 g/mol. The topological polar surface area (TPSA) is 70.7 Å². The number of nitrogens with one attached hydrogen (secondary N) is 2. The molecule has 0 heterocycles. The number of rotatable bonds is 4. The maximum absolute atomic E-state index is 11.7. The van der Waals surface area contributed by atoms with Gasteiger partial charge in [-0.2, -0.15) is 0 Å². The molecular weight excluding hydrogens is 222 g/mol. The van der Waals surface area contributed by atoms with E-state index >= 15 is 0 Å². The molecule has 0 fully saturated rings. The van der Waals surface area contributed by atoms with Gasteiger partial charge in [0.1, 0.15) is 11.6 Å². The highest BCUT2D eigenvalue weighted by Gasteiger charge is 2.23. The molecule has 0 radical (unpaired) electrons. The molecule has 2 amide bonds. The fraction of sp³-hybridized carbons (Fsp3) is 0.818. The third-order valence-corrected chi connectivity index (χ3v) is 1.75. The van der Waals surface area contributed by atoms with Gasteiger partial charge in [-0.15, -0.1) is 0 Å². The molecule has 0 aliphatic heterocycles. The van der Waals surface area contributed by atoms with Crippen molar-refractivity contribution in [2.45, 2.75) is 45.8 Å². The van der Waals surface area contributed by atoms with Crippen molar-refractivity contribution in [3.05, 3.63) is 0 Å². The van der Waals surface area contributed by atoms with Gasteiger partial charge in [-0.1, -0.05) is 6.92 Å². The van der Waals surface area contributed by atoms with Crippen LogP contribution in [0.4, 0.5) is 4.79 Å². The van der Waals surface area contributed by atoms with E-state index < -0.39 is 17.7 Å². The van der Waals surface area contributed by atoms with E-state index in [1.807, 2.05) is 6.92 Å². The molecule has 0 aromatic heterocycles. The average Bonchev–Trinajstić information content (AvgIpc) is 2.09. The van der Waals surface area contributed by atoms with Crippen LogP contribution in [0, 0.1) is 0 Å². The van der Waals surface area contributed by atoms with Crippen LogP contribution in [-0.2, 0) is 9.53 Å². The first kappa shape index (κ1) is 15.7. The van der Waals surface area contributed by atoms with E-state index in [2.05, 4.69) is 10.7 Å². The third-order valence-electron chi connectivity index (χ3n) is 1.75. The van der Waals surface area contributed by atoms with Gasteiger partial charge in [0.05, 0.1) is 0 Å². The molecule has 0 aliphatic rings. The zero-order chi connectivity index (χ0) is 13.6. The van der Waals surface area contributed by atoms with Gasteiger partial charge in [-0.05, 0) is 27.2 Å². The smallest absolute Gasteiger partial charge is 0.408 e. The molecule has 2 N–H and O–H groups in total. The lowest BCUT2D eigenvalue weighted by molar-refractivity contribution is -0.127. The largest absolute Gasteiger partial charge is 0.444 e. The number of hydrogen-bond acceptors (Lipinski definition) is 4. The van der Waals surface area contributed by atoms with Crippen LogP contribution in [0.1, 0.15) is 34.1 Å². The standard InChI is InChI=1S/C11H23N3O3/c1-7-8(9(15)13-14(5)6)12-10(16)17-11(2,3)4/h8H,7H2,1-6H3,(H,12,16)(H,13,15). The lowest BCUT2D eigenvalue weighted by Crippen LogP contribution is -2.51. The summed E-state index contributed by atoms with van der Waals surface area (Å²) in [7, 11) is 3.41. The lowest BCUT2D eigenvalue weighted by atomic mass is 10.2. The maximum Gasteiger partial charge on any atom is 0.408 e. The summed E-state index contributed by atoms with van der Waals surface area (Å²) in [5, 5.41) is 4.06. The van der Waals surface area contributed by atoms with Crippen molar-refractivity contribution in [2.75, 3.05) is 14.1 Å². The Bertz CT molecular complexity index is 272. The molecule has 0 saturated carbocycles. The Hall–Kier alpha value is -1.30. The predicted molar refractivity (Wildman–Crippen MR) is 65.3 cm³/mol. The van der Waals surface area contributed by atoms with Crippen molar-refractivity contribution in [1.29, 1.82) is 0 Å². The minimum absolute atomic E-state index is 0.261. The van der Waals surface area contributed by atoms with Crippen LogP contribution in [0.5, 0.6) is 0 Å². The first-order chi connectivity index (χ1) is 7.65. The Labute approximate surface area is 103 Å². The fourth-order valence-electron chi connectivity index (χ4n) is 1.10. The van der Waals surface area contributed by atoms with Crippen molar-refractivity contribution in [1.82, 2.24) is 15.8 Å². The molecule has 1 unspecified atom stereocenters. The van der Waals surface area contributed by atoms with Gasteiger partial charge in [-0.25, -0.2) is 9.80 Å². The minimum atomic E-state index is -0.591. The Kier molecular flexibility index (Phi) is 5.95. The van der Waals surface area contributed by atoms with Crippen molar-refractivity contribution < 1.29 is 14.3 Å². The highest BCUT2D eigenvalue weighted by Crippen LogP contribution is 2.07. The molecule has 0 spiro atoms. The number of amides is 2. The highest BCUT2D eigenvalue weighted by atomic mass is 16.6. The number of carbonyl (C=O) groups excluding carboxylic acids is 2. The molecule has 0 aromatic rings. The van der Waals surface area contributed by atoms with Crippen LogP contribution in [0.3, 0.4) is 0 Å².